The van der Waals surface area contributed by atoms with E-state index in [1.807, 2.05) is 97.1 Å². The van der Waals surface area contributed by atoms with Crippen LogP contribution in [-0.4, -0.2) is 101 Å². The Balaban J connectivity index is 0.000000233. The summed E-state index contributed by atoms with van der Waals surface area (Å²) in [7, 11) is 6.44. The number of carbonyl (C=O) groups is 4. The third-order valence-corrected chi connectivity index (χ3v) is 16.6. The molecule has 8 rings (SSSR count). The average Bonchev–Trinajstić information content (AvgIpc) is 3.32. The van der Waals surface area contributed by atoms with E-state index in [4.69, 9.17) is 45.1 Å². The van der Waals surface area contributed by atoms with E-state index in [1.54, 1.807) is 32.4 Å². The largest absolute Gasteiger partial charge is 0.513 e. The highest BCUT2D eigenvalue weighted by Crippen LogP contribution is 2.31. The second kappa shape index (κ2) is 37.7. The van der Waals surface area contributed by atoms with Crippen molar-refractivity contribution in [3.05, 3.63) is 210 Å². The number of fused-ring (bicyclic) bond motifs is 4. The van der Waals surface area contributed by atoms with Crippen molar-refractivity contribution in [3.8, 4) is 35.2 Å². The van der Waals surface area contributed by atoms with Crippen LogP contribution in [0.4, 0.5) is 21.0 Å². The molecule has 2 aliphatic rings. The summed E-state index contributed by atoms with van der Waals surface area (Å²) in [5.74, 6) is 15.7. The monoisotopic (exact) mass is 1250 g/mol. The van der Waals surface area contributed by atoms with Gasteiger partial charge in [0, 0.05) is 131 Å². The van der Waals surface area contributed by atoms with Gasteiger partial charge in [-0.05, 0) is 72.5 Å². The van der Waals surface area contributed by atoms with Gasteiger partial charge in [0.1, 0.15) is 30.3 Å². The highest BCUT2D eigenvalue weighted by atomic mass is 35.5. The third-order valence-electron chi connectivity index (χ3n) is 11.9. The van der Waals surface area contributed by atoms with Gasteiger partial charge in [0.15, 0.2) is 0 Å². The first kappa shape index (κ1) is 66.6. The second-order valence-corrected chi connectivity index (χ2v) is 23.6. The van der Waals surface area contributed by atoms with Crippen LogP contribution in [0.15, 0.2) is 146 Å². The highest BCUT2D eigenvalue weighted by Gasteiger charge is 2.24. The number of aliphatic hydroxyl groups is 1. The number of benzene rings is 6. The van der Waals surface area contributed by atoms with E-state index in [1.165, 1.54) is 59.3 Å². The summed E-state index contributed by atoms with van der Waals surface area (Å²) in [5.41, 5.74) is 6.60. The van der Waals surface area contributed by atoms with Crippen LogP contribution >= 0.6 is 54.8 Å². The Hall–Kier alpha value is -7.51. The predicted molar refractivity (Wildman–Crippen MR) is 330 cm³/mol. The van der Waals surface area contributed by atoms with Gasteiger partial charge in [-0.15, -0.1) is 0 Å². The highest BCUT2D eigenvalue weighted by molar-refractivity contribution is 8.77. The molecule has 2 aliphatic carbocycles. The lowest BCUT2D eigenvalue weighted by Gasteiger charge is -2.22. The predicted octanol–water partition coefficient (Wildman–Crippen LogP) is 13.3. The van der Waals surface area contributed by atoms with E-state index in [-0.39, 0.29) is 60.6 Å². The molecule has 2 unspecified atom stereocenters. The number of aliphatic hydroxyl groups excluding tert-OH is 1. The van der Waals surface area contributed by atoms with Crippen molar-refractivity contribution >= 4 is 89.7 Å². The van der Waals surface area contributed by atoms with Crippen LogP contribution in [0.5, 0.6) is 11.5 Å². The molecule has 6 aromatic carbocycles. The molecule has 0 radical (unpaired) electrons. The first-order valence-corrected chi connectivity index (χ1v) is 31.9. The SMILES string of the molecule is O=C(CCCOCCSSCCO)OC1Cc2ccccc2C#Cc2ccccc21.O=C(CCCOCCSSCCOC(=O)Oc1ccc([N+](=O)[O-])cc1)OC1Cc2ccccc2C#Cc2ccccc21.O=C(Cl)Oc1ccc([N+](=O)[O-])cc1. The number of non-ortho nitro benzene ring substituents is 2. The van der Waals surface area contributed by atoms with Crippen LogP contribution in [0.3, 0.4) is 0 Å². The second-order valence-electron chi connectivity index (χ2n) is 17.8. The molecule has 2 atom stereocenters. The Kier molecular flexibility index (Phi) is 29.6. The van der Waals surface area contributed by atoms with Crippen LogP contribution in [0, 0.1) is 43.9 Å². The molecule has 6 aromatic rings. The van der Waals surface area contributed by atoms with Crippen molar-refractivity contribution in [2.24, 2.45) is 0 Å². The van der Waals surface area contributed by atoms with Crippen LogP contribution in [0.25, 0.3) is 0 Å². The molecule has 0 aromatic heterocycles. The van der Waals surface area contributed by atoms with Crippen molar-refractivity contribution in [3.63, 3.8) is 0 Å². The Morgan fingerprint density at radius 1 is 0.506 bits per heavy atom. The molecule has 0 aliphatic heterocycles. The minimum atomic E-state index is -0.978. The van der Waals surface area contributed by atoms with Gasteiger partial charge in [-0.2, -0.15) is 0 Å². The summed E-state index contributed by atoms with van der Waals surface area (Å²) in [6.07, 6.45) is 1.38. The van der Waals surface area contributed by atoms with Crippen molar-refractivity contribution in [1.29, 1.82) is 0 Å². The van der Waals surface area contributed by atoms with Gasteiger partial charge >= 0.3 is 23.5 Å². The lowest BCUT2D eigenvalue weighted by molar-refractivity contribution is -0.385. The zero-order valence-electron chi connectivity index (χ0n) is 45.8. The summed E-state index contributed by atoms with van der Waals surface area (Å²) in [4.78, 5) is 66.9. The number of halogens is 1. The van der Waals surface area contributed by atoms with Crippen LogP contribution in [-0.2, 0) is 46.1 Å². The van der Waals surface area contributed by atoms with Gasteiger partial charge in [-0.25, -0.2) is 9.59 Å². The molecule has 1 N–H and O–H groups in total. The quantitative estimate of drug-likeness (QED) is 0.00580. The first-order valence-electron chi connectivity index (χ1n) is 26.6. The number of esters is 2. The first-order chi connectivity index (χ1) is 41.4. The van der Waals surface area contributed by atoms with E-state index in [0.717, 1.165) is 61.8 Å². The van der Waals surface area contributed by atoms with Crippen molar-refractivity contribution in [2.75, 3.05) is 62.7 Å². The molecular weight excluding hydrogens is 1190 g/mol. The smallest absolute Gasteiger partial charge is 0.457 e. The summed E-state index contributed by atoms with van der Waals surface area (Å²) in [6, 6.07) is 41.8. The fraction of sp³-hybridized carbons (Fsp3) is 0.290. The summed E-state index contributed by atoms with van der Waals surface area (Å²) < 4.78 is 37.4. The van der Waals surface area contributed by atoms with E-state index < -0.39 is 27.5 Å². The molecule has 0 fully saturated rings. The minimum Gasteiger partial charge on any atom is -0.457 e. The van der Waals surface area contributed by atoms with Gasteiger partial charge in [0.2, 0.25) is 0 Å². The molecule has 0 spiro atoms. The molecule has 0 saturated carbocycles. The van der Waals surface area contributed by atoms with Crippen molar-refractivity contribution in [1.82, 2.24) is 0 Å². The third kappa shape index (κ3) is 24.5. The maximum atomic E-state index is 12.7. The fourth-order valence-corrected chi connectivity index (χ4v) is 11.3. The number of nitro groups is 2. The zero-order chi connectivity index (χ0) is 60.4. The maximum Gasteiger partial charge on any atom is 0.513 e. The van der Waals surface area contributed by atoms with Gasteiger partial charge in [0.05, 0.1) is 29.7 Å². The van der Waals surface area contributed by atoms with Crippen LogP contribution in [0.1, 0.15) is 82.4 Å². The maximum absolute atomic E-state index is 12.7. The topological polar surface area (TPSA) is 239 Å². The van der Waals surface area contributed by atoms with Crippen molar-refractivity contribution < 1.29 is 67.3 Å². The molecule has 0 amide bonds. The molecule has 85 heavy (non-hydrogen) atoms. The number of ether oxygens (including phenoxy) is 7. The van der Waals surface area contributed by atoms with Crippen LogP contribution < -0.4 is 9.47 Å². The number of rotatable bonds is 27. The van der Waals surface area contributed by atoms with E-state index >= 15 is 0 Å². The Morgan fingerprint density at radius 2 is 0.894 bits per heavy atom. The molecule has 18 nitrogen and oxygen atoms in total. The zero-order valence-corrected chi connectivity index (χ0v) is 49.8. The lowest BCUT2D eigenvalue weighted by atomic mass is 9.92. The van der Waals surface area contributed by atoms with Gasteiger partial charge < -0.3 is 38.3 Å². The summed E-state index contributed by atoms with van der Waals surface area (Å²) in [6.45, 7) is 2.52. The van der Waals surface area contributed by atoms with E-state index in [2.05, 4.69) is 28.4 Å². The lowest BCUT2D eigenvalue weighted by Crippen LogP contribution is -2.16. The van der Waals surface area contributed by atoms with Gasteiger partial charge in [-0.3, -0.25) is 29.8 Å². The Labute approximate surface area is 512 Å². The number of hydrogen-bond acceptors (Lipinski definition) is 20. The minimum absolute atomic E-state index is 0.0747. The van der Waals surface area contributed by atoms with Crippen molar-refractivity contribution in [2.45, 2.75) is 50.7 Å². The molecule has 0 heterocycles. The average molecular weight is 1250 g/mol. The van der Waals surface area contributed by atoms with Crippen LogP contribution in [0.2, 0.25) is 0 Å². The Morgan fingerprint density at radius 3 is 1.33 bits per heavy atom. The summed E-state index contributed by atoms with van der Waals surface area (Å²) >= 11 is 4.92. The molecule has 444 valence electrons. The molecule has 0 bridgehead atoms. The number of nitro benzene ring substituents is 2. The van der Waals surface area contributed by atoms with Gasteiger partial charge in [0.25, 0.3) is 11.4 Å². The standard InChI is InChI=1S/C31H29NO8S2.C24H26O4S2.C7H4ClNO4/c33-30(40-29-22-25-8-2-1-6-23(25)11-12-24-7-3-4-9-28(24)29)10-5-17-37-18-20-41-42-21-19-38-31(34)39-27-15-13-26(14-16-27)32(35)36;25-13-16-29-30-17-15-27-14-5-10-24(26)28-23-18-21-8-2-1-6-19(21)11-12-20-7-3-4-9-22(20)23;8-7(10)13-6-3-1-5(2-4-6)9(11)12/h1-4,6-9,13-16,29H,5,10,17-22H2;1-4,6-9,23,25H,5,10,13-18H2;1-4H. The van der Waals surface area contributed by atoms with Gasteiger partial charge in [-0.1, -0.05) is 140 Å². The fourth-order valence-electron chi connectivity index (χ4n) is 7.91. The molecule has 0 saturated heterocycles. The normalized spacial score (nSPS) is 13.1. The molecular formula is C62H59ClN2O16S4. The molecule has 23 heteroatoms. The van der Waals surface area contributed by atoms with E-state index in [0.29, 0.717) is 64.3 Å². The number of hydrogen-bond donors (Lipinski definition) is 1. The number of carbonyl (C=O) groups excluding carboxylic acids is 4. The Bertz CT molecular complexity index is 3300. The number of nitrogens with zero attached hydrogens (tertiary/aromatic N) is 2. The van der Waals surface area contributed by atoms with E-state index in [9.17, 15) is 39.4 Å². The summed E-state index contributed by atoms with van der Waals surface area (Å²) in [5, 5.41) is 29.6.